The van der Waals surface area contributed by atoms with Crippen LogP contribution in [-0.2, 0) is 24.8 Å². The van der Waals surface area contributed by atoms with Crippen LogP contribution in [0.5, 0.6) is 0 Å². The molecule has 5 heteroatoms. The van der Waals surface area contributed by atoms with Crippen LogP contribution in [0.25, 0.3) is 0 Å². The number of halogens is 1. The molecule has 0 saturated heterocycles. The SMILES string of the molecule is Cn1ccnc1CN(C(=O)CCc1ccccc1F)C1CC1. The van der Waals surface area contributed by atoms with E-state index in [1.54, 1.807) is 24.4 Å². The number of carbonyl (C=O) groups excluding carboxylic acids is 1. The van der Waals surface area contributed by atoms with Crippen LogP contribution < -0.4 is 0 Å². The fourth-order valence-corrected chi connectivity index (χ4v) is 2.59. The maximum atomic E-state index is 13.6. The number of benzene rings is 1. The predicted molar refractivity (Wildman–Crippen MR) is 81.5 cm³/mol. The topological polar surface area (TPSA) is 38.1 Å². The van der Waals surface area contributed by atoms with E-state index in [4.69, 9.17) is 0 Å². The molecule has 116 valence electrons. The molecule has 1 saturated carbocycles. The number of imidazole rings is 1. The van der Waals surface area contributed by atoms with Crippen LogP contribution in [0.3, 0.4) is 0 Å². The summed E-state index contributed by atoms with van der Waals surface area (Å²) in [5.74, 6) is 0.720. The zero-order valence-electron chi connectivity index (χ0n) is 12.7. The zero-order valence-corrected chi connectivity index (χ0v) is 12.7. The number of nitrogens with zero attached hydrogens (tertiary/aromatic N) is 3. The minimum Gasteiger partial charge on any atom is -0.337 e. The van der Waals surface area contributed by atoms with Gasteiger partial charge < -0.3 is 9.47 Å². The Bertz CT molecular complexity index is 663. The first-order valence-electron chi connectivity index (χ1n) is 7.64. The Hall–Kier alpha value is -2.17. The summed E-state index contributed by atoms with van der Waals surface area (Å²) < 4.78 is 15.6. The lowest BCUT2D eigenvalue weighted by molar-refractivity contribution is -0.132. The lowest BCUT2D eigenvalue weighted by atomic mass is 10.1. The monoisotopic (exact) mass is 301 g/mol. The van der Waals surface area contributed by atoms with Crippen molar-refractivity contribution < 1.29 is 9.18 Å². The van der Waals surface area contributed by atoms with E-state index < -0.39 is 0 Å². The Labute approximate surface area is 129 Å². The molecule has 22 heavy (non-hydrogen) atoms. The maximum absolute atomic E-state index is 13.6. The Morgan fingerprint density at radius 1 is 1.41 bits per heavy atom. The number of aryl methyl sites for hydroxylation is 2. The van der Waals surface area contributed by atoms with Gasteiger partial charge in [0.05, 0.1) is 6.54 Å². The van der Waals surface area contributed by atoms with Crippen LogP contribution in [-0.4, -0.2) is 26.4 Å². The van der Waals surface area contributed by atoms with E-state index >= 15 is 0 Å². The summed E-state index contributed by atoms with van der Waals surface area (Å²) in [6, 6.07) is 6.97. The summed E-state index contributed by atoms with van der Waals surface area (Å²) in [4.78, 5) is 18.7. The van der Waals surface area contributed by atoms with Crippen molar-refractivity contribution in [3.8, 4) is 0 Å². The number of hydrogen-bond acceptors (Lipinski definition) is 2. The van der Waals surface area contributed by atoms with Crippen molar-refractivity contribution in [1.29, 1.82) is 0 Å². The second kappa shape index (κ2) is 6.30. The average molecular weight is 301 g/mol. The van der Waals surface area contributed by atoms with E-state index in [2.05, 4.69) is 4.98 Å². The third-order valence-electron chi connectivity index (χ3n) is 4.11. The molecule has 0 atom stereocenters. The highest BCUT2D eigenvalue weighted by Gasteiger charge is 2.32. The van der Waals surface area contributed by atoms with E-state index in [1.165, 1.54) is 6.07 Å². The molecule has 0 unspecified atom stereocenters. The van der Waals surface area contributed by atoms with Gasteiger partial charge in [0, 0.05) is 31.9 Å². The van der Waals surface area contributed by atoms with Crippen LogP contribution in [0.4, 0.5) is 4.39 Å². The molecule has 1 aromatic carbocycles. The van der Waals surface area contributed by atoms with Crippen LogP contribution in [0.1, 0.15) is 30.7 Å². The number of hydrogen-bond donors (Lipinski definition) is 0. The van der Waals surface area contributed by atoms with E-state index in [1.807, 2.05) is 22.7 Å². The van der Waals surface area contributed by atoms with Crippen molar-refractivity contribution in [3.63, 3.8) is 0 Å². The lowest BCUT2D eigenvalue weighted by Crippen LogP contribution is -2.33. The van der Waals surface area contributed by atoms with Gasteiger partial charge in [0.15, 0.2) is 0 Å². The van der Waals surface area contributed by atoms with E-state index in [0.717, 1.165) is 18.7 Å². The molecule has 0 aliphatic heterocycles. The Balaban J connectivity index is 1.63. The van der Waals surface area contributed by atoms with Crippen molar-refractivity contribution in [1.82, 2.24) is 14.5 Å². The first-order chi connectivity index (χ1) is 10.6. The van der Waals surface area contributed by atoms with Gasteiger partial charge in [-0.15, -0.1) is 0 Å². The quantitative estimate of drug-likeness (QED) is 0.823. The van der Waals surface area contributed by atoms with Crippen molar-refractivity contribution in [2.75, 3.05) is 0 Å². The van der Waals surface area contributed by atoms with Gasteiger partial charge in [0.2, 0.25) is 5.91 Å². The molecule has 1 fully saturated rings. The molecule has 3 rings (SSSR count). The van der Waals surface area contributed by atoms with Gasteiger partial charge in [-0.05, 0) is 30.9 Å². The van der Waals surface area contributed by atoms with Gasteiger partial charge in [-0.2, -0.15) is 0 Å². The first-order valence-corrected chi connectivity index (χ1v) is 7.64. The molecule has 2 aromatic rings. The average Bonchev–Trinajstić information content (AvgIpc) is 3.27. The Morgan fingerprint density at radius 2 is 2.18 bits per heavy atom. The van der Waals surface area contributed by atoms with Gasteiger partial charge in [0.25, 0.3) is 0 Å². The summed E-state index contributed by atoms with van der Waals surface area (Å²) in [6.45, 7) is 0.532. The molecule has 0 N–H and O–H groups in total. The van der Waals surface area contributed by atoms with Crippen LogP contribution >= 0.6 is 0 Å². The van der Waals surface area contributed by atoms with Gasteiger partial charge in [0.1, 0.15) is 11.6 Å². The van der Waals surface area contributed by atoms with Gasteiger partial charge >= 0.3 is 0 Å². The van der Waals surface area contributed by atoms with Crippen LogP contribution in [0.15, 0.2) is 36.7 Å². The summed E-state index contributed by atoms with van der Waals surface area (Å²) in [5.41, 5.74) is 0.601. The molecule has 0 spiro atoms. The first kappa shape index (κ1) is 14.8. The molecule has 1 heterocycles. The second-order valence-electron chi connectivity index (χ2n) is 5.80. The van der Waals surface area contributed by atoms with Gasteiger partial charge in [-0.1, -0.05) is 18.2 Å². The van der Waals surface area contributed by atoms with Crippen molar-refractivity contribution in [3.05, 3.63) is 53.9 Å². The molecule has 1 aromatic heterocycles. The third-order valence-corrected chi connectivity index (χ3v) is 4.11. The minimum absolute atomic E-state index is 0.0775. The van der Waals surface area contributed by atoms with E-state index in [-0.39, 0.29) is 11.7 Å². The fraction of sp³-hybridized carbons (Fsp3) is 0.412. The standard InChI is InChI=1S/C17H20FN3O/c1-20-11-10-19-16(20)12-21(14-7-8-14)17(22)9-6-13-4-2-3-5-15(13)18/h2-5,10-11,14H,6-9,12H2,1H3. The Morgan fingerprint density at radius 3 is 2.82 bits per heavy atom. The predicted octanol–water partition coefficient (Wildman–Crippen LogP) is 2.68. The van der Waals surface area contributed by atoms with Crippen molar-refractivity contribution in [2.45, 2.75) is 38.3 Å². The van der Waals surface area contributed by atoms with E-state index in [0.29, 0.717) is 31.0 Å². The normalized spacial score (nSPS) is 14.1. The molecule has 1 amide bonds. The highest BCUT2D eigenvalue weighted by molar-refractivity contribution is 5.77. The molecule has 0 radical (unpaired) electrons. The summed E-state index contributed by atoms with van der Waals surface area (Å²) in [7, 11) is 1.93. The lowest BCUT2D eigenvalue weighted by Gasteiger charge is -2.22. The number of rotatable bonds is 6. The zero-order chi connectivity index (χ0) is 15.5. The fourth-order valence-electron chi connectivity index (χ4n) is 2.59. The summed E-state index contributed by atoms with van der Waals surface area (Å²) >= 11 is 0. The van der Waals surface area contributed by atoms with Crippen LogP contribution in [0, 0.1) is 5.82 Å². The largest absolute Gasteiger partial charge is 0.337 e. The maximum Gasteiger partial charge on any atom is 0.223 e. The summed E-state index contributed by atoms with van der Waals surface area (Å²) in [5, 5.41) is 0. The number of carbonyl (C=O) groups is 1. The van der Waals surface area contributed by atoms with E-state index in [9.17, 15) is 9.18 Å². The Kier molecular flexibility index (Phi) is 4.22. The molecular formula is C17H20FN3O. The molecule has 1 aliphatic rings. The van der Waals surface area contributed by atoms with Gasteiger partial charge in [-0.25, -0.2) is 9.37 Å². The highest BCUT2D eigenvalue weighted by atomic mass is 19.1. The molecule has 1 aliphatic carbocycles. The van der Waals surface area contributed by atoms with Crippen molar-refractivity contribution >= 4 is 5.91 Å². The number of amides is 1. The molecule has 0 bridgehead atoms. The van der Waals surface area contributed by atoms with Crippen molar-refractivity contribution in [2.24, 2.45) is 7.05 Å². The highest BCUT2D eigenvalue weighted by Crippen LogP contribution is 2.29. The minimum atomic E-state index is -0.239. The molecule has 4 nitrogen and oxygen atoms in total. The number of aromatic nitrogens is 2. The smallest absolute Gasteiger partial charge is 0.223 e. The van der Waals surface area contributed by atoms with Gasteiger partial charge in [-0.3, -0.25) is 4.79 Å². The second-order valence-corrected chi connectivity index (χ2v) is 5.80. The third kappa shape index (κ3) is 3.35. The van der Waals surface area contributed by atoms with Crippen LogP contribution in [0.2, 0.25) is 0 Å². The molecular weight excluding hydrogens is 281 g/mol. The summed E-state index contributed by atoms with van der Waals surface area (Å²) in [6.07, 6.45) is 6.50.